The summed E-state index contributed by atoms with van der Waals surface area (Å²) >= 11 is 0. The Bertz CT molecular complexity index is 302. The second-order valence-electron chi connectivity index (χ2n) is 5.86. The molecule has 2 heterocycles. The van der Waals surface area contributed by atoms with E-state index in [-0.39, 0.29) is 12.0 Å². The lowest BCUT2D eigenvalue weighted by Gasteiger charge is -2.27. The van der Waals surface area contributed by atoms with Crippen molar-refractivity contribution in [1.82, 2.24) is 10.2 Å². The topological polar surface area (TPSA) is 52.6 Å². The first kappa shape index (κ1) is 11.5. The van der Waals surface area contributed by atoms with Crippen molar-refractivity contribution in [2.24, 2.45) is 17.8 Å². The van der Waals surface area contributed by atoms with Crippen LogP contribution in [0.4, 0.5) is 0 Å². The molecule has 0 spiro atoms. The molecule has 4 nitrogen and oxygen atoms in total. The van der Waals surface area contributed by atoms with E-state index in [0.717, 1.165) is 51.9 Å². The van der Waals surface area contributed by atoms with Crippen LogP contribution in [0.1, 0.15) is 25.7 Å². The SMILES string of the molecule is O=C([C@H]1CCCNC1)N1CC2CCC(O)C2C1. The highest BCUT2D eigenvalue weighted by atomic mass is 16.3. The van der Waals surface area contributed by atoms with Gasteiger partial charge in [0.15, 0.2) is 0 Å². The van der Waals surface area contributed by atoms with E-state index in [1.54, 1.807) is 0 Å². The summed E-state index contributed by atoms with van der Waals surface area (Å²) in [6, 6.07) is 0. The van der Waals surface area contributed by atoms with Crippen molar-refractivity contribution in [3.63, 3.8) is 0 Å². The van der Waals surface area contributed by atoms with E-state index in [9.17, 15) is 9.90 Å². The smallest absolute Gasteiger partial charge is 0.226 e. The monoisotopic (exact) mass is 238 g/mol. The summed E-state index contributed by atoms with van der Waals surface area (Å²) < 4.78 is 0. The molecule has 1 saturated carbocycles. The molecule has 2 saturated heterocycles. The molecule has 0 bridgehead atoms. The maximum absolute atomic E-state index is 12.3. The third kappa shape index (κ3) is 2.08. The summed E-state index contributed by atoms with van der Waals surface area (Å²) in [5.74, 6) is 1.42. The Balaban J connectivity index is 1.60. The fourth-order valence-electron chi connectivity index (χ4n) is 3.74. The summed E-state index contributed by atoms with van der Waals surface area (Å²) in [6.45, 7) is 3.57. The highest BCUT2D eigenvalue weighted by Crippen LogP contribution is 2.38. The van der Waals surface area contributed by atoms with E-state index in [2.05, 4.69) is 5.32 Å². The number of nitrogens with zero attached hydrogens (tertiary/aromatic N) is 1. The van der Waals surface area contributed by atoms with Crippen molar-refractivity contribution < 1.29 is 9.90 Å². The fourth-order valence-corrected chi connectivity index (χ4v) is 3.74. The van der Waals surface area contributed by atoms with Gasteiger partial charge in [-0.1, -0.05) is 0 Å². The number of hydrogen-bond donors (Lipinski definition) is 2. The molecule has 2 N–H and O–H groups in total. The zero-order valence-electron chi connectivity index (χ0n) is 10.3. The molecule has 4 heteroatoms. The van der Waals surface area contributed by atoms with Gasteiger partial charge in [0, 0.05) is 25.6 Å². The molecule has 0 radical (unpaired) electrons. The first-order valence-electron chi connectivity index (χ1n) is 6.93. The van der Waals surface area contributed by atoms with Crippen LogP contribution in [0.3, 0.4) is 0 Å². The second kappa shape index (κ2) is 4.58. The van der Waals surface area contributed by atoms with Gasteiger partial charge >= 0.3 is 0 Å². The number of carbonyl (C=O) groups is 1. The van der Waals surface area contributed by atoms with Gasteiger partial charge in [-0.15, -0.1) is 0 Å². The molecule has 4 atom stereocenters. The molecular formula is C13H22N2O2. The van der Waals surface area contributed by atoms with Gasteiger partial charge in [-0.25, -0.2) is 0 Å². The van der Waals surface area contributed by atoms with Crippen LogP contribution in [0.15, 0.2) is 0 Å². The van der Waals surface area contributed by atoms with Crippen LogP contribution < -0.4 is 5.32 Å². The van der Waals surface area contributed by atoms with Crippen LogP contribution in [0.2, 0.25) is 0 Å². The minimum absolute atomic E-state index is 0.165. The van der Waals surface area contributed by atoms with Gasteiger partial charge in [-0.05, 0) is 38.1 Å². The molecule has 3 aliphatic rings. The molecule has 3 rings (SSSR count). The third-order valence-corrected chi connectivity index (χ3v) is 4.78. The van der Waals surface area contributed by atoms with E-state index < -0.39 is 0 Å². The van der Waals surface area contributed by atoms with Crippen molar-refractivity contribution in [3.8, 4) is 0 Å². The lowest BCUT2D eigenvalue weighted by atomic mass is 9.98. The first-order valence-corrected chi connectivity index (χ1v) is 6.93. The number of aliphatic hydroxyl groups is 1. The van der Waals surface area contributed by atoms with Crippen molar-refractivity contribution in [2.75, 3.05) is 26.2 Å². The van der Waals surface area contributed by atoms with Crippen LogP contribution in [-0.4, -0.2) is 48.2 Å². The third-order valence-electron chi connectivity index (χ3n) is 4.78. The van der Waals surface area contributed by atoms with E-state index >= 15 is 0 Å². The van der Waals surface area contributed by atoms with Gasteiger partial charge in [-0.3, -0.25) is 4.79 Å². The van der Waals surface area contributed by atoms with Crippen molar-refractivity contribution in [3.05, 3.63) is 0 Å². The molecule has 3 fully saturated rings. The van der Waals surface area contributed by atoms with Crippen molar-refractivity contribution in [1.29, 1.82) is 0 Å². The maximum atomic E-state index is 12.3. The quantitative estimate of drug-likeness (QED) is 0.687. The van der Waals surface area contributed by atoms with E-state index in [0.29, 0.717) is 17.7 Å². The molecule has 0 aromatic heterocycles. The summed E-state index contributed by atoms with van der Waals surface area (Å²) in [5.41, 5.74) is 0. The molecular weight excluding hydrogens is 216 g/mol. The van der Waals surface area contributed by atoms with Crippen molar-refractivity contribution in [2.45, 2.75) is 31.8 Å². The number of rotatable bonds is 1. The molecule has 96 valence electrons. The standard InChI is InChI=1S/C13H22N2O2/c16-12-4-3-10-7-15(8-11(10)12)13(17)9-2-1-5-14-6-9/h9-12,14,16H,1-8H2/t9-,10?,11?,12?/m0/s1. The van der Waals surface area contributed by atoms with E-state index in [1.807, 2.05) is 4.90 Å². The Kier molecular flexibility index (Phi) is 3.09. The number of aliphatic hydroxyl groups excluding tert-OH is 1. The lowest BCUT2D eigenvalue weighted by molar-refractivity contribution is -0.135. The predicted octanol–water partition coefficient (Wildman–Crippen LogP) is 0.215. The van der Waals surface area contributed by atoms with E-state index in [4.69, 9.17) is 0 Å². The average Bonchev–Trinajstić information content (AvgIpc) is 2.92. The Labute approximate surface area is 102 Å². The van der Waals surface area contributed by atoms with Gasteiger partial charge in [0.25, 0.3) is 0 Å². The van der Waals surface area contributed by atoms with Crippen LogP contribution in [0, 0.1) is 17.8 Å². The number of amides is 1. The fraction of sp³-hybridized carbons (Fsp3) is 0.923. The second-order valence-corrected chi connectivity index (χ2v) is 5.86. The largest absolute Gasteiger partial charge is 0.393 e. The van der Waals surface area contributed by atoms with Gasteiger partial charge in [0.2, 0.25) is 5.91 Å². The number of hydrogen-bond acceptors (Lipinski definition) is 3. The van der Waals surface area contributed by atoms with Gasteiger partial charge in [0.1, 0.15) is 0 Å². The highest BCUT2D eigenvalue weighted by Gasteiger charge is 2.44. The molecule has 0 aromatic rings. The average molecular weight is 238 g/mol. The van der Waals surface area contributed by atoms with Gasteiger partial charge in [-0.2, -0.15) is 0 Å². The van der Waals surface area contributed by atoms with Crippen LogP contribution in [0.5, 0.6) is 0 Å². The Morgan fingerprint density at radius 2 is 2.12 bits per heavy atom. The molecule has 1 amide bonds. The van der Waals surface area contributed by atoms with Crippen LogP contribution in [0.25, 0.3) is 0 Å². The van der Waals surface area contributed by atoms with Gasteiger partial charge in [0.05, 0.1) is 12.0 Å². The number of nitrogens with one attached hydrogen (secondary N) is 1. The maximum Gasteiger partial charge on any atom is 0.226 e. The lowest BCUT2D eigenvalue weighted by Crippen LogP contribution is -2.42. The minimum Gasteiger partial charge on any atom is -0.393 e. The van der Waals surface area contributed by atoms with Crippen LogP contribution in [-0.2, 0) is 4.79 Å². The predicted molar refractivity (Wildman–Crippen MR) is 64.4 cm³/mol. The zero-order chi connectivity index (χ0) is 11.8. The van der Waals surface area contributed by atoms with Gasteiger partial charge < -0.3 is 15.3 Å². The Morgan fingerprint density at radius 3 is 2.82 bits per heavy atom. The summed E-state index contributed by atoms with van der Waals surface area (Å²) in [7, 11) is 0. The number of likely N-dealkylation sites (tertiary alicyclic amines) is 1. The number of piperidine rings is 1. The summed E-state index contributed by atoms with van der Waals surface area (Å²) in [4.78, 5) is 14.4. The first-order chi connectivity index (χ1) is 8.25. The van der Waals surface area contributed by atoms with E-state index in [1.165, 1.54) is 0 Å². The molecule has 2 aliphatic heterocycles. The zero-order valence-corrected chi connectivity index (χ0v) is 10.3. The Hall–Kier alpha value is -0.610. The molecule has 3 unspecified atom stereocenters. The normalized spacial score (nSPS) is 41.6. The minimum atomic E-state index is -0.165. The molecule has 0 aromatic carbocycles. The molecule has 17 heavy (non-hydrogen) atoms. The summed E-state index contributed by atoms with van der Waals surface area (Å²) in [6.07, 6.45) is 4.00. The van der Waals surface area contributed by atoms with Crippen molar-refractivity contribution >= 4 is 5.91 Å². The molecule has 1 aliphatic carbocycles. The highest BCUT2D eigenvalue weighted by molar-refractivity contribution is 5.79. The Morgan fingerprint density at radius 1 is 1.24 bits per heavy atom. The number of fused-ring (bicyclic) bond motifs is 1. The van der Waals surface area contributed by atoms with Crippen LogP contribution >= 0.6 is 0 Å². The number of carbonyl (C=O) groups excluding carboxylic acids is 1. The summed E-state index contributed by atoms with van der Waals surface area (Å²) in [5, 5.41) is 13.2.